The van der Waals surface area contributed by atoms with Crippen molar-refractivity contribution in [2.24, 2.45) is 0 Å². The van der Waals surface area contributed by atoms with E-state index in [2.05, 4.69) is 0 Å². The van der Waals surface area contributed by atoms with Crippen molar-refractivity contribution in [3.05, 3.63) is 0 Å². The minimum Gasteiger partial charge on any atom is -0.481 e. The Balaban J connectivity index is -0.000000180. The van der Waals surface area contributed by atoms with Gasteiger partial charge in [0.15, 0.2) is 0 Å². The Hall–Kier alpha value is -0.610. The maximum absolute atomic E-state index is 9.76. The highest BCUT2D eigenvalue weighted by Crippen LogP contribution is 1.91. The molecule has 9 heavy (non-hydrogen) atoms. The number of aliphatic carboxylic acids is 1. The van der Waals surface area contributed by atoms with Gasteiger partial charge in [-0.3, -0.25) is 4.79 Å². The molecule has 0 amide bonds. The van der Waals surface area contributed by atoms with E-state index in [1.807, 2.05) is 6.92 Å². The number of hydrogen-bond donors (Lipinski definition) is 3. The van der Waals surface area contributed by atoms with Crippen LogP contribution in [0.3, 0.4) is 0 Å². The Morgan fingerprint density at radius 3 is 2.00 bits per heavy atom. The molecule has 0 aromatic heterocycles. The monoisotopic (exact) mass is 136 g/mol. The summed E-state index contributed by atoms with van der Waals surface area (Å²) < 4.78 is 0. The summed E-state index contributed by atoms with van der Waals surface area (Å²) in [6.07, 6.45) is 2.08. The lowest BCUT2D eigenvalue weighted by molar-refractivity contribution is -0.137. The summed E-state index contributed by atoms with van der Waals surface area (Å²) in [6, 6.07) is 0. The van der Waals surface area contributed by atoms with Gasteiger partial charge in [0.2, 0.25) is 0 Å². The largest absolute Gasteiger partial charge is 0.481 e. The number of rotatable bonds is 3. The molecule has 0 heterocycles. The van der Waals surface area contributed by atoms with Crippen molar-refractivity contribution in [3.63, 3.8) is 0 Å². The fraction of sp³-hybridized carbons (Fsp3) is 0.800. The zero-order chi connectivity index (χ0) is 5.70. The molecule has 0 aliphatic carbocycles. The lowest BCUT2D eigenvalue weighted by Crippen LogP contribution is -1.91. The summed E-state index contributed by atoms with van der Waals surface area (Å²) >= 11 is 0. The molecule has 0 unspecified atom stereocenters. The Bertz CT molecular complexity index is 66.0. The van der Waals surface area contributed by atoms with Crippen molar-refractivity contribution in [1.82, 2.24) is 12.3 Å². The third-order valence-electron chi connectivity index (χ3n) is 0.744. The van der Waals surface area contributed by atoms with Crippen molar-refractivity contribution < 1.29 is 9.90 Å². The van der Waals surface area contributed by atoms with Gasteiger partial charge >= 0.3 is 5.97 Å². The van der Waals surface area contributed by atoms with Crippen molar-refractivity contribution >= 4 is 5.97 Å². The second-order valence-electron chi connectivity index (χ2n) is 1.50. The topological polar surface area (TPSA) is 107 Å². The first-order valence-corrected chi connectivity index (χ1v) is 2.49. The Kier molecular flexibility index (Phi) is 18.2. The van der Waals surface area contributed by atoms with Gasteiger partial charge in [-0.2, -0.15) is 0 Å². The van der Waals surface area contributed by atoms with Crippen LogP contribution in [-0.2, 0) is 4.79 Å². The SMILES string of the molecule is CCCCC(=O)O.N.N. The normalized spacial score (nSPS) is 6.78. The van der Waals surface area contributed by atoms with E-state index in [1.165, 1.54) is 0 Å². The number of carboxylic acids is 1. The first-order chi connectivity index (χ1) is 3.27. The molecule has 58 valence electrons. The van der Waals surface area contributed by atoms with Crippen molar-refractivity contribution in [2.45, 2.75) is 26.2 Å². The molecule has 0 aromatic rings. The van der Waals surface area contributed by atoms with E-state index in [9.17, 15) is 4.79 Å². The van der Waals surface area contributed by atoms with Gasteiger partial charge in [0.25, 0.3) is 0 Å². The van der Waals surface area contributed by atoms with Crippen LogP contribution < -0.4 is 12.3 Å². The molecule has 0 fully saturated rings. The standard InChI is InChI=1S/C5H10O2.2H3N/c1-2-3-4-5(6)7;;/h2-4H2,1H3,(H,6,7);2*1H3. The zero-order valence-corrected chi connectivity index (χ0v) is 5.89. The van der Waals surface area contributed by atoms with Gasteiger partial charge in [0, 0.05) is 6.42 Å². The molecule has 0 aliphatic rings. The molecule has 0 atom stereocenters. The lowest BCUT2D eigenvalue weighted by atomic mass is 10.3. The van der Waals surface area contributed by atoms with E-state index in [1.54, 1.807) is 0 Å². The molecule has 0 aliphatic heterocycles. The second kappa shape index (κ2) is 10.4. The Morgan fingerprint density at radius 2 is 1.89 bits per heavy atom. The van der Waals surface area contributed by atoms with Crippen LogP contribution in [0, 0.1) is 0 Å². The van der Waals surface area contributed by atoms with Gasteiger partial charge in [-0.15, -0.1) is 0 Å². The number of unbranched alkanes of at least 4 members (excludes halogenated alkanes) is 1. The van der Waals surface area contributed by atoms with Crippen LogP contribution in [0.1, 0.15) is 26.2 Å². The van der Waals surface area contributed by atoms with Gasteiger partial charge < -0.3 is 17.4 Å². The van der Waals surface area contributed by atoms with Crippen LogP contribution in [0.25, 0.3) is 0 Å². The van der Waals surface area contributed by atoms with Gasteiger partial charge in [-0.05, 0) is 6.42 Å². The predicted octanol–water partition coefficient (Wildman–Crippen LogP) is 1.59. The van der Waals surface area contributed by atoms with Gasteiger partial charge in [0.05, 0.1) is 0 Å². The van der Waals surface area contributed by atoms with Crippen LogP contribution in [0.4, 0.5) is 0 Å². The van der Waals surface area contributed by atoms with Gasteiger partial charge in [-0.1, -0.05) is 13.3 Å². The van der Waals surface area contributed by atoms with Crippen LogP contribution in [0.15, 0.2) is 0 Å². The summed E-state index contributed by atoms with van der Waals surface area (Å²) in [6.45, 7) is 1.98. The molecular formula is C5H16N2O2. The third-order valence-corrected chi connectivity index (χ3v) is 0.744. The van der Waals surface area contributed by atoms with Crippen LogP contribution >= 0.6 is 0 Å². The molecule has 0 spiro atoms. The van der Waals surface area contributed by atoms with E-state index in [4.69, 9.17) is 5.11 Å². The smallest absolute Gasteiger partial charge is 0.303 e. The summed E-state index contributed by atoms with van der Waals surface area (Å²) in [5, 5.41) is 8.04. The van der Waals surface area contributed by atoms with E-state index in [0.29, 0.717) is 6.42 Å². The first kappa shape index (κ1) is 15.8. The summed E-state index contributed by atoms with van der Waals surface area (Å²) in [5.74, 6) is -0.693. The Labute approximate surface area is 55.4 Å². The lowest BCUT2D eigenvalue weighted by Gasteiger charge is -1.85. The molecule has 0 rings (SSSR count). The molecule has 4 nitrogen and oxygen atoms in total. The molecule has 4 heteroatoms. The van der Waals surface area contributed by atoms with E-state index >= 15 is 0 Å². The highest BCUT2D eigenvalue weighted by Gasteiger charge is 1.90. The molecule has 0 aromatic carbocycles. The van der Waals surface area contributed by atoms with E-state index < -0.39 is 5.97 Å². The average Bonchev–Trinajstić information content (AvgIpc) is 1.61. The molecule has 0 radical (unpaired) electrons. The summed E-state index contributed by atoms with van der Waals surface area (Å²) in [7, 11) is 0. The summed E-state index contributed by atoms with van der Waals surface area (Å²) in [4.78, 5) is 9.76. The molecule has 0 saturated heterocycles. The highest BCUT2D eigenvalue weighted by atomic mass is 16.4. The maximum Gasteiger partial charge on any atom is 0.303 e. The fourth-order valence-electron chi connectivity index (χ4n) is 0.328. The maximum atomic E-state index is 9.76. The van der Waals surface area contributed by atoms with Crippen molar-refractivity contribution in [1.29, 1.82) is 0 Å². The van der Waals surface area contributed by atoms with E-state index in [0.717, 1.165) is 12.8 Å². The average molecular weight is 136 g/mol. The minimum absolute atomic E-state index is 0. The highest BCUT2D eigenvalue weighted by molar-refractivity contribution is 5.66. The number of carboxylic acid groups (broad SMARTS) is 1. The van der Waals surface area contributed by atoms with Gasteiger partial charge in [-0.25, -0.2) is 0 Å². The fourth-order valence-corrected chi connectivity index (χ4v) is 0.328. The zero-order valence-electron chi connectivity index (χ0n) is 5.89. The number of carbonyl (C=O) groups is 1. The molecule has 0 bridgehead atoms. The number of hydrogen-bond acceptors (Lipinski definition) is 3. The van der Waals surface area contributed by atoms with Crippen LogP contribution in [0.5, 0.6) is 0 Å². The summed E-state index contributed by atoms with van der Waals surface area (Å²) in [5.41, 5.74) is 0. The quantitative estimate of drug-likeness (QED) is 0.547. The van der Waals surface area contributed by atoms with Crippen LogP contribution in [0.2, 0.25) is 0 Å². The van der Waals surface area contributed by atoms with Crippen LogP contribution in [-0.4, -0.2) is 11.1 Å². The van der Waals surface area contributed by atoms with Crippen molar-refractivity contribution in [3.8, 4) is 0 Å². The molecular weight excluding hydrogens is 120 g/mol. The second-order valence-corrected chi connectivity index (χ2v) is 1.50. The molecule has 0 saturated carbocycles. The van der Waals surface area contributed by atoms with Crippen molar-refractivity contribution in [2.75, 3.05) is 0 Å². The third kappa shape index (κ3) is 18.7. The molecule has 7 N–H and O–H groups in total. The Morgan fingerprint density at radius 1 is 1.44 bits per heavy atom. The van der Waals surface area contributed by atoms with Gasteiger partial charge in [0.1, 0.15) is 0 Å². The first-order valence-electron chi connectivity index (χ1n) is 2.49. The van der Waals surface area contributed by atoms with E-state index in [-0.39, 0.29) is 12.3 Å². The minimum atomic E-state index is -0.693. The predicted molar refractivity (Wildman–Crippen MR) is 37.2 cm³/mol.